The number of aryl methyl sites for hydroxylation is 2. The van der Waals surface area contributed by atoms with Gasteiger partial charge in [-0.3, -0.25) is 0 Å². The summed E-state index contributed by atoms with van der Waals surface area (Å²) < 4.78 is 3.91. The van der Waals surface area contributed by atoms with Gasteiger partial charge in [0.25, 0.3) is 0 Å². The Labute approximate surface area is 105 Å². The van der Waals surface area contributed by atoms with E-state index in [1.54, 1.807) is 0 Å². The van der Waals surface area contributed by atoms with Gasteiger partial charge in [0.2, 0.25) is 0 Å². The van der Waals surface area contributed by atoms with E-state index in [9.17, 15) is 5.11 Å². The molecule has 0 aliphatic carbocycles. The quantitative estimate of drug-likeness (QED) is 0.905. The molecule has 0 aliphatic rings. The Morgan fingerprint density at radius 1 is 1.29 bits per heavy atom. The van der Waals surface area contributed by atoms with Crippen LogP contribution in [0.3, 0.4) is 0 Å². The van der Waals surface area contributed by atoms with Gasteiger partial charge in [-0.1, -0.05) is 42.6 Å². The van der Waals surface area contributed by atoms with Crippen LogP contribution in [-0.2, 0) is 12.8 Å². The van der Waals surface area contributed by atoms with Gasteiger partial charge < -0.3 is 5.11 Å². The van der Waals surface area contributed by atoms with Crippen molar-refractivity contribution in [1.82, 2.24) is 9.59 Å². The Morgan fingerprint density at radius 2 is 2.12 bits per heavy atom. The lowest BCUT2D eigenvalue weighted by Crippen LogP contribution is -2.01. The van der Waals surface area contributed by atoms with Crippen LogP contribution in [0, 0.1) is 0 Å². The van der Waals surface area contributed by atoms with Gasteiger partial charge >= 0.3 is 0 Å². The molecule has 4 heteroatoms. The molecule has 90 valence electrons. The first-order valence-corrected chi connectivity index (χ1v) is 6.61. The summed E-state index contributed by atoms with van der Waals surface area (Å²) in [6.45, 7) is 4.13. The molecule has 0 aliphatic heterocycles. The van der Waals surface area contributed by atoms with Gasteiger partial charge in [-0.2, -0.15) is 0 Å². The largest absolute Gasteiger partial charge is 0.383 e. The van der Waals surface area contributed by atoms with Crippen molar-refractivity contribution in [3.05, 3.63) is 46.0 Å². The third-order valence-corrected chi connectivity index (χ3v) is 3.66. The minimum atomic E-state index is -0.601. The van der Waals surface area contributed by atoms with E-state index in [1.807, 2.05) is 25.1 Å². The molecule has 0 saturated carbocycles. The second-order valence-electron chi connectivity index (χ2n) is 3.94. The highest BCUT2D eigenvalue weighted by atomic mass is 32.1. The van der Waals surface area contributed by atoms with Crippen molar-refractivity contribution in [3.63, 3.8) is 0 Å². The second kappa shape index (κ2) is 5.38. The highest BCUT2D eigenvalue weighted by Crippen LogP contribution is 2.27. The number of nitrogens with zero attached hydrogens (tertiary/aromatic N) is 2. The van der Waals surface area contributed by atoms with E-state index >= 15 is 0 Å². The summed E-state index contributed by atoms with van der Waals surface area (Å²) in [6.07, 6.45) is 1.18. The van der Waals surface area contributed by atoms with Gasteiger partial charge in [0.05, 0.1) is 10.6 Å². The number of benzene rings is 1. The van der Waals surface area contributed by atoms with Gasteiger partial charge in [0, 0.05) is 0 Å². The van der Waals surface area contributed by atoms with Crippen LogP contribution in [0.25, 0.3) is 0 Å². The lowest BCUT2D eigenvalue weighted by atomic mass is 10.0. The minimum absolute atomic E-state index is 0.601. The Hall–Kier alpha value is -1.26. The normalized spacial score (nSPS) is 12.6. The molecule has 1 aromatic carbocycles. The molecular formula is C13H16N2OS. The molecule has 2 rings (SSSR count). The molecule has 1 atom stereocenters. The summed E-state index contributed by atoms with van der Waals surface area (Å²) >= 11 is 1.28. The van der Waals surface area contributed by atoms with Crippen LogP contribution >= 0.6 is 11.5 Å². The number of aromatic nitrogens is 2. The molecule has 3 nitrogen and oxygen atoms in total. The zero-order valence-electron chi connectivity index (χ0n) is 10.1. The number of rotatable bonds is 4. The van der Waals surface area contributed by atoms with E-state index in [1.165, 1.54) is 17.1 Å². The molecule has 1 aromatic heterocycles. The Bertz CT molecular complexity index is 496. The average Bonchev–Trinajstić information content (AvgIpc) is 2.86. The van der Waals surface area contributed by atoms with Crippen LogP contribution in [-0.4, -0.2) is 14.7 Å². The molecule has 1 heterocycles. The summed E-state index contributed by atoms with van der Waals surface area (Å²) in [5.74, 6) is 0. The molecule has 0 bridgehead atoms. The van der Waals surface area contributed by atoms with Crippen LogP contribution in [0.2, 0.25) is 0 Å². The highest BCUT2D eigenvalue weighted by Gasteiger charge is 2.17. The molecule has 1 unspecified atom stereocenters. The van der Waals surface area contributed by atoms with Crippen LogP contribution in [0.4, 0.5) is 0 Å². The van der Waals surface area contributed by atoms with Crippen molar-refractivity contribution < 1.29 is 5.11 Å². The summed E-state index contributed by atoms with van der Waals surface area (Å²) in [4.78, 5) is 0.862. The topological polar surface area (TPSA) is 46.0 Å². The van der Waals surface area contributed by atoms with E-state index < -0.39 is 6.10 Å². The maximum absolute atomic E-state index is 10.3. The van der Waals surface area contributed by atoms with Crippen LogP contribution in [0.5, 0.6) is 0 Å². The summed E-state index contributed by atoms with van der Waals surface area (Å²) in [7, 11) is 0. The molecule has 0 amide bonds. The van der Waals surface area contributed by atoms with Gasteiger partial charge in [0.1, 0.15) is 6.10 Å². The van der Waals surface area contributed by atoms with E-state index in [0.29, 0.717) is 0 Å². The van der Waals surface area contributed by atoms with Crippen LogP contribution in [0.15, 0.2) is 24.3 Å². The zero-order valence-corrected chi connectivity index (χ0v) is 10.9. The molecule has 0 radical (unpaired) electrons. The molecule has 2 aromatic rings. The number of aliphatic hydroxyl groups is 1. The van der Waals surface area contributed by atoms with Gasteiger partial charge in [-0.15, -0.1) is 5.10 Å². The van der Waals surface area contributed by atoms with E-state index in [-0.39, 0.29) is 0 Å². The Morgan fingerprint density at radius 3 is 2.82 bits per heavy atom. The maximum Gasteiger partial charge on any atom is 0.117 e. The molecule has 1 N–H and O–H groups in total. The van der Waals surface area contributed by atoms with Crippen molar-refractivity contribution in [3.8, 4) is 0 Å². The third kappa shape index (κ3) is 2.53. The smallest absolute Gasteiger partial charge is 0.117 e. The third-order valence-electron chi connectivity index (χ3n) is 2.84. The van der Waals surface area contributed by atoms with Gasteiger partial charge in [-0.05, 0) is 35.5 Å². The highest BCUT2D eigenvalue weighted by molar-refractivity contribution is 7.05. The predicted octanol–water partition coefficient (Wildman–Crippen LogP) is 2.74. The van der Waals surface area contributed by atoms with Gasteiger partial charge in [-0.25, -0.2) is 0 Å². The SMILES string of the molecule is CCc1cccc(C(O)c2snnc2CC)c1. The van der Waals surface area contributed by atoms with Crippen molar-refractivity contribution in [1.29, 1.82) is 0 Å². The Kier molecular flexibility index (Phi) is 3.86. The van der Waals surface area contributed by atoms with Crippen molar-refractivity contribution >= 4 is 11.5 Å². The first kappa shape index (κ1) is 12.2. The zero-order chi connectivity index (χ0) is 12.3. The molecule has 0 fully saturated rings. The van der Waals surface area contributed by atoms with Crippen molar-refractivity contribution in [2.45, 2.75) is 32.8 Å². The number of aliphatic hydroxyl groups excluding tert-OH is 1. The summed E-state index contributed by atoms with van der Waals surface area (Å²) in [5.41, 5.74) is 3.05. The number of hydrogen-bond acceptors (Lipinski definition) is 4. The number of hydrogen-bond donors (Lipinski definition) is 1. The summed E-state index contributed by atoms with van der Waals surface area (Å²) in [5, 5.41) is 14.4. The van der Waals surface area contributed by atoms with E-state index in [2.05, 4.69) is 22.6 Å². The van der Waals surface area contributed by atoms with Crippen molar-refractivity contribution in [2.24, 2.45) is 0 Å². The first-order chi connectivity index (χ1) is 8.26. The van der Waals surface area contributed by atoms with Gasteiger partial charge in [0.15, 0.2) is 0 Å². The lowest BCUT2D eigenvalue weighted by Gasteiger charge is -2.10. The molecule has 0 spiro atoms. The minimum Gasteiger partial charge on any atom is -0.383 e. The maximum atomic E-state index is 10.3. The summed E-state index contributed by atoms with van der Waals surface area (Å²) in [6, 6.07) is 8.05. The van der Waals surface area contributed by atoms with Crippen LogP contribution in [0.1, 0.15) is 41.6 Å². The fourth-order valence-electron chi connectivity index (χ4n) is 1.80. The Balaban J connectivity index is 2.33. The molecule has 0 saturated heterocycles. The predicted molar refractivity (Wildman–Crippen MR) is 69.2 cm³/mol. The fraction of sp³-hybridized carbons (Fsp3) is 0.385. The van der Waals surface area contributed by atoms with Crippen LogP contribution < -0.4 is 0 Å². The van der Waals surface area contributed by atoms with E-state index in [4.69, 9.17) is 0 Å². The fourth-order valence-corrected chi connectivity index (χ4v) is 2.56. The van der Waals surface area contributed by atoms with Crippen molar-refractivity contribution in [2.75, 3.05) is 0 Å². The monoisotopic (exact) mass is 248 g/mol. The molecular weight excluding hydrogens is 232 g/mol. The van der Waals surface area contributed by atoms with E-state index in [0.717, 1.165) is 29.0 Å². The second-order valence-corrected chi connectivity index (χ2v) is 4.72. The lowest BCUT2D eigenvalue weighted by molar-refractivity contribution is 0.222. The standard InChI is InChI=1S/C13H16N2OS/c1-3-9-6-5-7-10(8-9)12(16)13-11(4-2)14-15-17-13/h5-8,12,16H,3-4H2,1-2H3. The molecule has 17 heavy (non-hydrogen) atoms. The average molecular weight is 248 g/mol. The first-order valence-electron chi connectivity index (χ1n) is 5.84.